The summed E-state index contributed by atoms with van der Waals surface area (Å²) in [4.78, 5) is 16.3. The summed E-state index contributed by atoms with van der Waals surface area (Å²) in [6, 6.07) is 6.27. The van der Waals surface area contributed by atoms with Crippen LogP contribution >= 0.6 is 0 Å². The third-order valence-electron chi connectivity index (χ3n) is 4.02. The Morgan fingerprint density at radius 1 is 1.33 bits per heavy atom. The van der Waals surface area contributed by atoms with Crippen LogP contribution < -0.4 is 5.32 Å². The molecule has 5 heteroatoms. The second-order valence-corrected chi connectivity index (χ2v) is 5.50. The summed E-state index contributed by atoms with van der Waals surface area (Å²) in [7, 11) is 0. The van der Waals surface area contributed by atoms with Gasteiger partial charge in [0.05, 0.1) is 11.7 Å². The van der Waals surface area contributed by atoms with E-state index < -0.39 is 5.41 Å². The van der Waals surface area contributed by atoms with E-state index in [9.17, 15) is 9.18 Å². The zero-order chi connectivity index (χ0) is 14.7. The maximum Gasteiger partial charge on any atom is 0.230 e. The van der Waals surface area contributed by atoms with Gasteiger partial charge in [-0.2, -0.15) is 0 Å². The van der Waals surface area contributed by atoms with Crippen molar-refractivity contribution in [3.63, 3.8) is 0 Å². The molecule has 0 unspecified atom stereocenters. The highest BCUT2D eigenvalue weighted by Gasteiger charge is 2.50. The Morgan fingerprint density at radius 2 is 2.10 bits per heavy atom. The fourth-order valence-corrected chi connectivity index (χ4v) is 2.59. The van der Waals surface area contributed by atoms with E-state index in [2.05, 4.69) is 10.3 Å². The zero-order valence-corrected chi connectivity index (χ0v) is 11.8. The molecule has 1 aromatic heterocycles. The minimum Gasteiger partial charge on any atom is -0.355 e. The van der Waals surface area contributed by atoms with Crippen LogP contribution in [0.15, 0.2) is 43.0 Å². The molecule has 0 bridgehead atoms. The normalized spacial score (nSPS) is 15.7. The van der Waals surface area contributed by atoms with Gasteiger partial charge in [0.25, 0.3) is 0 Å². The van der Waals surface area contributed by atoms with Crippen LogP contribution in [-0.2, 0) is 16.8 Å². The Bertz CT molecular complexity index is 603. The molecule has 2 aromatic rings. The first-order valence-electron chi connectivity index (χ1n) is 7.21. The van der Waals surface area contributed by atoms with Gasteiger partial charge in [0.15, 0.2) is 0 Å². The van der Waals surface area contributed by atoms with Gasteiger partial charge in [-0.15, -0.1) is 0 Å². The van der Waals surface area contributed by atoms with Gasteiger partial charge in [-0.05, 0) is 37.0 Å². The Kier molecular flexibility index (Phi) is 3.73. The molecule has 1 N–H and O–H groups in total. The average Bonchev–Trinajstić information content (AvgIpc) is 3.14. The molecule has 0 radical (unpaired) electrons. The molecule has 1 heterocycles. The highest BCUT2D eigenvalue weighted by Crippen LogP contribution is 2.48. The van der Waals surface area contributed by atoms with Crippen LogP contribution in [0, 0.1) is 5.82 Å². The maximum absolute atomic E-state index is 13.0. The molecule has 0 saturated heterocycles. The standard InChI is InChI=1S/C16H18FN3O/c17-14-4-2-13(3-5-14)16(6-7-16)15(21)19-8-1-10-20-11-9-18-12-20/h2-5,9,11-12H,1,6-8,10H2,(H,19,21). The number of nitrogens with zero attached hydrogens (tertiary/aromatic N) is 2. The van der Waals surface area contributed by atoms with Crippen molar-refractivity contribution in [3.8, 4) is 0 Å². The van der Waals surface area contributed by atoms with Crippen molar-refractivity contribution in [1.29, 1.82) is 0 Å². The van der Waals surface area contributed by atoms with Crippen LogP contribution in [0.25, 0.3) is 0 Å². The van der Waals surface area contributed by atoms with E-state index in [4.69, 9.17) is 0 Å². The van der Waals surface area contributed by atoms with E-state index in [0.717, 1.165) is 31.4 Å². The highest BCUT2D eigenvalue weighted by atomic mass is 19.1. The monoisotopic (exact) mass is 287 g/mol. The molecule has 0 atom stereocenters. The first kappa shape index (κ1) is 13.8. The molecule has 4 nitrogen and oxygen atoms in total. The molecule has 1 fully saturated rings. The number of amides is 1. The van der Waals surface area contributed by atoms with E-state index in [-0.39, 0.29) is 11.7 Å². The molecule has 1 saturated carbocycles. The lowest BCUT2D eigenvalue weighted by atomic mass is 9.95. The number of hydrogen-bond acceptors (Lipinski definition) is 2. The van der Waals surface area contributed by atoms with Crippen molar-refractivity contribution in [2.24, 2.45) is 0 Å². The van der Waals surface area contributed by atoms with Crippen LogP contribution in [0.3, 0.4) is 0 Å². The smallest absolute Gasteiger partial charge is 0.230 e. The molecule has 3 rings (SSSR count). The zero-order valence-electron chi connectivity index (χ0n) is 11.8. The number of carbonyl (C=O) groups excluding carboxylic acids is 1. The van der Waals surface area contributed by atoms with Crippen molar-refractivity contribution < 1.29 is 9.18 Å². The minimum absolute atomic E-state index is 0.0553. The van der Waals surface area contributed by atoms with Crippen molar-refractivity contribution >= 4 is 5.91 Å². The Balaban J connectivity index is 1.52. The minimum atomic E-state index is -0.428. The number of carbonyl (C=O) groups is 1. The number of benzene rings is 1. The van der Waals surface area contributed by atoms with Gasteiger partial charge in [0.1, 0.15) is 5.82 Å². The van der Waals surface area contributed by atoms with Gasteiger partial charge in [0, 0.05) is 25.5 Å². The largest absolute Gasteiger partial charge is 0.355 e. The maximum atomic E-state index is 13.0. The van der Waals surface area contributed by atoms with Crippen LogP contribution in [0.5, 0.6) is 0 Å². The quantitative estimate of drug-likeness (QED) is 0.828. The number of nitrogens with one attached hydrogen (secondary N) is 1. The molecule has 1 aliphatic rings. The molecule has 0 aliphatic heterocycles. The number of halogens is 1. The number of aryl methyl sites for hydroxylation is 1. The van der Waals surface area contributed by atoms with Crippen LogP contribution in [-0.4, -0.2) is 22.0 Å². The molecule has 1 amide bonds. The van der Waals surface area contributed by atoms with Gasteiger partial charge in [-0.3, -0.25) is 4.79 Å². The van der Waals surface area contributed by atoms with Gasteiger partial charge in [-0.1, -0.05) is 12.1 Å². The highest BCUT2D eigenvalue weighted by molar-refractivity contribution is 5.91. The molecule has 21 heavy (non-hydrogen) atoms. The van der Waals surface area contributed by atoms with E-state index in [1.165, 1.54) is 12.1 Å². The van der Waals surface area contributed by atoms with E-state index in [1.54, 1.807) is 24.7 Å². The predicted molar refractivity (Wildman–Crippen MR) is 77.2 cm³/mol. The Morgan fingerprint density at radius 3 is 2.71 bits per heavy atom. The third kappa shape index (κ3) is 2.96. The first-order valence-corrected chi connectivity index (χ1v) is 7.21. The second kappa shape index (κ2) is 5.68. The molecule has 1 aliphatic carbocycles. The van der Waals surface area contributed by atoms with Gasteiger partial charge in [-0.25, -0.2) is 9.37 Å². The van der Waals surface area contributed by atoms with Crippen molar-refractivity contribution in [2.45, 2.75) is 31.2 Å². The lowest BCUT2D eigenvalue weighted by Gasteiger charge is -2.15. The van der Waals surface area contributed by atoms with E-state index in [1.807, 2.05) is 10.8 Å². The van der Waals surface area contributed by atoms with Crippen LogP contribution in [0.2, 0.25) is 0 Å². The molecular formula is C16H18FN3O. The molecule has 0 spiro atoms. The topological polar surface area (TPSA) is 46.9 Å². The molecule has 1 aromatic carbocycles. The van der Waals surface area contributed by atoms with Crippen molar-refractivity contribution in [2.75, 3.05) is 6.54 Å². The Hall–Kier alpha value is -2.17. The van der Waals surface area contributed by atoms with E-state index >= 15 is 0 Å². The lowest BCUT2D eigenvalue weighted by molar-refractivity contribution is -0.123. The summed E-state index contributed by atoms with van der Waals surface area (Å²) in [5, 5.41) is 2.99. The number of aromatic nitrogens is 2. The van der Waals surface area contributed by atoms with Gasteiger partial charge >= 0.3 is 0 Å². The third-order valence-corrected chi connectivity index (χ3v) is 4.02. The Labute approximate surface area is 123 Å². The fraction of sp³-hybridized carbons (Fsp3) is 0.375. The first-order chi connectivity index (χ1) is 10.2. The number of rotatable bonds is 6. The summed E-state index contributed by atoms with van der Waals surface area (Å²) in [6.07, 6.45) is 7.96. The summed E-state index contributed by atoms with van der Waals surface area (Å²) in [5.74, 6) is -0.213. The second-order valence-electron chi connectivity index (χ2n) is 5.50. The number of imidazole rings is 1. The molecule has 110 valence electrons. The SMILES string of the molecule is O=C(NCCCn1ccnc1)C1(c2ccc(F)cc2)CC1. The number of hydrogen-bond donors (Lipinski definition) is 1. The summed E-state index contributed by atoms with van der Waals surface area (Å²) < 4.78 is 15.0. The lowest BCUT2D eigenvalue weighted by Crippen LogP contribution is -2.35. The van der Waals surface area contributed by atoms with E-state index in [0.29, 0.717) is 6.54 Å². The summed E-state index contributed by atoms with van der Waals surface area (Å²) >= 11 is 0. The van der Waals surface area contributed by atoms with Crippen LogP contribution in [0.4, 0.5) is 4.39 Å². The molecular weight excluding hydrogens is 269 g/mol. The summed E-state index contributed by atoms with van der Waals surface area (Å²) in [5.41, 5.74) is 0.485. The predicted octanol–water partition coefficient (Wildman–Crippen LogP) is 2.26. The average molecular weight is 287 g/mol. The van der Waals surface area contributed by atoms with Crippen molar-refractivity contribution in [1.82, 2.24) is 14.9 Å². The summed E-state index contributed by atoms with van der Waals surface area (Å²) in [6.45, 7) is 1.48. The van der Waals surface area contributed by atoms with Crippen molar-refractivity contribution in [3.05, 3.63) is 54.4 Å². The van der Waals surface area contributed by atoms with Gasteiger partial charge in [0.2, 0.25) is 5.91 Å². The van der Waals surface area contributed by atoms with Gasteiger partial charge < -0.3 is 9.88 Å². The fourth-order valence-electron chi connectivity index (χ4n) is 2.59. The van der Waals surface area contributed by atoms with Crippen LogP contribution in [0.1, 0.15) is 24.8 Å².